The van der Waals surface area contributed by atoms with Crippen molar-refractivity contribution in [2.24, 2.45) is 5.10 Å². The minimum atomic E-state index is -0.358. The highest BCUT2D eigenvalue weighted by Crippen LogP contribution is 2.22. The zero-order valence-electron chi connectivity index (χ0n) is 21.0. The summed E-state index contributed by atoms with van der Waals surface area (Å²) < 4.78 is 11.4. The van der Waals surface area contributed by atoms with Crippen LogP contribution in [0.5, 0.6) is 11.5 Å². The number of hydrogen-bond donors (Lipinski definition) is 2. The summed E-state index contributed by atoms with van der Waals surface area (Å²) in [5.74, 6) is 1.25. The second kappa shape index (κ2) is 13.9. The Hall–Kier alpha value is -3.61. The van der Waals surface area contributed by atoms with Gasteiger partial charge in [-0.3, -0.25) is 9.89 Å². The summed E-state index contributed by atoms with van der Waals surface area (Å²) in [6.07, 6.45) is 7.45. The first-order valence-corrected chi connectivity index (χ1v) is 12.5. The molecule has 0 radical (unpaired) electrons. The summed E-state index contributed by atoms with van der Waals surface area (Å²) in [5.41, 5.74) is 6.06. The molecule has 35 heavy (non-hydrogen) atoms. The van der Waals surface area contributed by atoms with Crippen LogP contribution in [0.3, 0.4) is 0 Å². The Morgan fingerprint density at radius 2 is 1.71 bits per heavy atom. The Kier molecular flexibility index (Phi) is 10.4. The third kappa shape index (κ3) is 8.28. The maximum absolute atomic E-state index is 12.5. The molecule has 186 valence electrons. The lowest BCUT2D eigenvalue weighted by Gasteiger charge is -2.06. The van der Waals surface area contributed by atoms with E-state index in [9.17, 15) is 4.79 Å². The molecule has 1 amide bonds. The van der Waals surface area contributed by atoms with E-state index in [0.29, 0.717) is 23.7 Å². The van der Waals surface area contributed by atoms with E-state index in [1.54, 1.807) is 6.07 Å². The van der Waals surface area contributed by atoms with Crippen molar-refractivity contribution in [2.45, 2.75) is 59.3 Å². The van der Waals surface area contributed by atoms with Gasteiger partial charge in [-0.25, -0.2) is 5.43 Å². The van der Waals surface area contributed by atoms with Crippen LogP contribution in [0, 0.1) is 0 Å². The molecule has 2 N–H and O–H groups in total. The van der Waals surface area contributed by atoms with Crippen molar-refractivity contribution in [3.8, 4) is 22.8 Å². The first-order valence-electron chi connectivity index (χ1n) is 12.5. The van der Waals surface area contributed by atoms with E-state index >= 15 is 0 Å². The monoisotopic (exact) mass is 476 g/mol. The predicted octanol–water partition coefficient (Wildman–Crippen LogP) is 6.37. The Labute approximate surface area is 207 Å². The number of rotatable bonds is 14. The maximum Gasteiger partial charge on any atom is 0.289 e. The molecule has 0 saturated heterocycles. The van der Waals surface area contributed by atoms with Gasteiger partial charge >= 0.3 is 0 Å². The quantitative estimate of drug-likeness (QED) is 0.161. The summed E-state index contributed by atoms with van der Waals surface area (Å²) in [4.78, 5) is 12.5. The van der Waals surface area contributed by atoms with Crippen molar-refractivity contribution in [3.05, 3.63) is 65.9 Å². The van der Waals surface area contributed by atoms with Crippen LogP contribution < -0.4 is 14.9 Å². The maximum atomic E-state index is 12.5. The van der Waals surface area contributed by atoms with Crippen LogP contribution in [0.4, 0.5) is 0 Å². The third-order valence-corrected chi connectivity index (χ3v) is 5.63. The number of hydrazone groups is 1. The highest BCUT2D eigenvalue weighted by Gasteiger charge is 2.11. The highest BCUT2D eigenvalue weighted by atomic mass is 16.5. The lowest BCUT2D eigenvalue weighted by Crippen LogP contribution is -2.19. The van der Waals surface area contributed by atoms with Crippen molar-refractivity contribution in [1.29, 1.82) is 0 Å². The van der Waals surface area contributed by atoms with Crippen molar-refractivity contribution in [2.75, 3.05) is 13.2 Å². The van der Waals surface area contributed by atoms with E-state index in [1.165, 1.54) is 32.1 Å². The molecule has 0 aliphatic heterocycles. The fourth-order valence-electron chi connectivity index (χ4n) is 3.62. The number of carbonyl (C=O) groups is 1. The molecule has 7 heteroatoms. The first kappa shape index (κ1) is 26.0. The molecule has 3 rings (SSSR count). The standard InChI is InChI=1S/C28H36N4O3/c1-4-6-7-8-9-10-18-35-24-16-14-22(15-17-24)26-20-27(31-30-26)28(33)32-29-21(3)23-12-11-13-25(19-23)34-5-2/h11-17,19-20H,4-10,18H2,1-3H3,(H,30,31)(H,32,33)/b29-21-. The summed E-state index contributed by atoms with van der Waals surface area (Å²) in [5, 5.41) is 11.3. The second-order valence-electron chi connectivity index (χ2n) is 8.41. The topological polar surface area (TPSA) is 88.6 Å². The zero-order valence-corrected chi connectivity index (χ0v) is 21.0. The fraction of sp³-hybridized carbons (Fsp3) is 0.393. The van der Waals surface area contributed by atoms with Crippen LogP contribution in [0.25, 0.3) is 11.3 Å². The van der Waals surface area contributed by atoms with Crippen molar-refractivity contribution < 1.29 is 14.3 Å². The average molecular weight is 477 g/mol. The number of H-pyrrole nitrogens is 1. The molecular weight excluding hydrogens is 440 g/mol. The van der Waals surface area contributed by atoms with Crippen molar-refractivity contribution >= 4 is 11.6 Å². The van der Waals surface area contributed by atoms with E-state index in [4.69, 9.17) is 9.47 Å². The molecule has 0 bridgehead atoms. The number of ether oxygens (including phenoxy) is 2. The largest absolute Gasteiger partial charge is 0.494 e. The number of benzene rings is 2. The molecule has 0 aliphatic rings. The molecular formula is C28H36N4O3. The van der Waals surface area contributed by atoms with Crippen LogP contribution in [0.2, 0.25) is 0 Å². The summed E-state index contributed by atoms with van der Waals surface area (Å²) >= 11 is 0. The van der Waals surface area contributed by atoms with E-state index in [0.717, 1.165) is 35.7 Å². The van der Waals surface area contributed by atoms with Gasteiger partial charge in [0.05, 0.1) is 24.6 Å². The Morgan fingerprint density at radius 3 is 2.49 bits per heavy atom. The van der Waals surface area contributed by atoms with Gasteiger partial charge in [0.2, 0.25) is 0 Å². The molecule has 0 unspecified atom stereocenters. The van der Waals surface area contributed by atoms with E-state index in [1.807, 2.05) is 62.4 Å². The number of carbonyl (C=O) groups excluding carboxylic acids is 1. The van der Waals surface area contributed by atoms with Gasteiger partial charge in [0.15, 0.2) is 0 Å². The number of aromatic amines is 1. The van der Waals surface area contributed by atoms with Gasteiger partial charge < -0.3 is 9.47 Å². The Morgan fingerprint density at radius 1 is 0.943 bits per heavy atom. The van der Waals surface area contributed by atoms with Crippen LogP contribution in [0.1, 0.15) is 75.3 Å². The molecule has 0 saturated carbocycles. The van der Waals surface area contributed by atoms with Crippen molar-refractivity contribution in [3.63, 3.8) is 0 Å². The molecule has 3 aromatic rings. The van der Waals surface area contributed by atoms with Crippen molar-refractivity contribution in [1.82, 2.24) is 15.6 Å². The van der Waals surface area contributed by atoms with Crippen LogP contribution in [-0.2, 0) is 0 Å². The van der Waals surface area contributed by atoms with Gasteiger partial charge in [0.1, 0.15) is 17.2 Å². The number of amides is 1. The average Bonchev–Trinajstić information content (AvgIpc) is 3.38. The molecule has 7 nitrogen and oxygen atoms in total. The number of unbranched alkanes of at least 4 members (excludes halogenated alkanes) is 5. The van der Waals surface area contributed by atoms with E-state index in [-0.39, 0.29) is 5.91 Å². The van der Waals surface area contributed by atoms with E-state index < -0.39 is 0 Å². The number of aromatic nitrogens is 2. The summed E-state index contributed by atoms with van der Waals surface area (Å²) in [7, 11) is 0. The van der Waals surface area contributed by atoms with Crippen LogP contribution in [0.15, 0.2) is 59.7 Å². The molecule has 0 aliphatic carbocycles. The molecule has 1 heterocycles. The van der Waals surface area contributed by atoms with E-state index in [2.05, 4.69) is 27.6 Å². The molecule has 1 aromatic heterocycles. The van der Waals surface area contributed by atoms with Gasteiger partial charge in [-0.05, 0) is 62.7 Å². The Bertz CT molecular complexity index is 1090. The highest BCUT2D eigenvalue weighted by molar-refractivity contribution is 6.00. The molecule has 0 spiro atoms. The minimum Gasteiger partial charge on any atom is -0.494 e. The number of hydrogen-bond acceptors (Lipinski definition) is 5. The van der Waals surface area contributed by atoms with Gasteiger partial charge in [-0.2, -0.15) is 10.2 Å². The van der Waals surface area contributed by atoms with Gasteiger partial charge in [0.25, 0.3) is 5.91 Å². The SMILES string of the molecule is CCCCCCCCOc1ccc(-c2cc(C(=O)N/N=C(/C)c3cccc(OCC)c3)[nH]n2)cc1. The smallest absolute Gasteiger partial charge is 0.289 e. The lowest BCUT2D eigenvalue weighted by atomic mass is 10.1. The lowest BCUT2D eigenvalue weighted by molar-refractivity contribution is 0.0950. The normalized spacial score (nSPS) is 11.3. The van der Waals surface area contributed by atoms with Gasteiger partial charge in [-0.15, -0.1) is 0 Å². The summed E-state index contributed by atoms with van der Waals surface area (Å²) in [6, 6.07) is 17.1. The Balaban J connectivity index is 1.50. The zero-order chi connectivity index (χ0) is 24.9. The third-order valence-electron chi connectivity index (χ3n) is 5.63. The summed E-state index contributed by atoms with van der Waals surface area (Å²) in [6.45, 7) is 7.32. The molecule has 0 atom stereocenters. The minimum absolute atomic E-state index is 0.336. The second-order valence-corrected chi connectivity index (χ2v) is 8.41. The van der Waals surface area contributed by atoms with Crippen LogP contribution >= 0.6 is 0 Å². The van der Waals surface area contributed by atoms with Gasteiger partial charge in [-0.1, -0.05) is 51.2 Å². The van der Waals surface area contributed by atoms with Gasteiger partial charge in [0, 0.05) is 11.1 Å². The van der Waals surface area contributed by atoms with Crippen LogP contribution in [-0.4, -0.2) is 35.0 Å². The molecule has 0 fully saturated rings. The predicted molar refractivity (Wildman–Crippen MR) is 140 cm³/mol. The fourth-order valence-corrected chi connectivity index (χ4v) is 3.62. The first-order chi connectivity index (χ1) is 17.1. The number of nitrogens with one attached hydrogen (secondary N) is 2. The number of nitrogens with zero attached hydrogens (tertiary/aromatic N) is 2. The molecule has 2 aromatic carbocycles.